The fraction of sp³-hybridized carbons (Fsp3) is 0.269. The third-order valence-corrected chi connectivity index (χ3v) is 5.43. The predicted molar refractivity (Wildman–Crippen MR) is 133 cm³/mol. The molecule has 1 heterocycles. The second-order valence-corrected chi connectivity index (χ2v) is 7.93. The fourth-order valence-electron chi connectivity index (χ4n) is 3.93. The van der Waals surface area contributed by atoms with E-state index in [1.807, 2.05) is 0 Å². The molecule has 0 unspecified atom stereocenters. The maximum atomic E-state index is 13.1. The highest BCUT2D eigenvalue weighted by atomic mass is 16.5. The number of hydrogen-bond donors (Lipinski definition) is 3. The van der Waals surface area contributed by atoms with Gasteiger partial charge in [0.25, 0.3) is 0 Å². The van der Waals surface area contributed by atoms with Gasteiger partial charge in [-0.3, -0.25) is 9.59 Å². The molecule has 3 N–H and O–H groups in total. The fourth-order valence-corrected chi connectivity index (χ4v) is 3.93. The van der Waals surface area contributed by atoms with E-state index in [-0.39, 0.29) is 40.9 Å². The molecule has 2 amide bonds. The Hall–Kier alpha value is -4.47. The van der Waals surface area contributed by atoms with Gasteiger partial charge in [-0.05, 0) is 37.3 Å². The molecule has 190 valence electrons. The molecule has 0 radical (unpaired) electrons. The summed E-state index contributed by atoms with van der Waals surface area (Å²) in [6, 6.07) is 11.1. The summed E-state index contributed by atoms with van der Waals surface area (Å²) in [7, 11) is 4.33. The number of hydrogen-bond acceptors (Lipinski definition) is 8. The molecule has 0 aliphatic carbocycles. The van der Waals surface area contributed by atoms with E-state index in [1.54, 1.807) is 36.4 Å². The van der Waals surface area contributed by atoms with E-state index in [4.69, 9.17) is 18.6 Å². The summed E-state index contributed by atoms with van der Waals surface area (Å²) < 4.78 is 21.6. The molecule has 36 heavy (non-hydrogen) atoms. The number of methoxy groups -OCH3 is 3. The van der Waals surface area contributed by atoms with Crippen molar-refractivity contribution in [3.8, 4) is 23.0 Å². The van der Waals surface area contributed by atoms with Crippen molar-refractivity contribution in [3.63, 3.8) is 0 Å². The first-order chi connectivity index (χ1) is 17.2. The van der Waals surface area contributed by atoms with Crippen LogP contribution in [0.5, 0.6) is 23.0 Å². The molecule has 2 aromatic carbocycles. The predicted octanol–water partition coefficient (Wildman–Crippen LogP) is 3.80. The minimum absolute atomic E-state index is 0.0951. The highest BCUT2D eigenvalue weighted by Crippen LogP contribution is 2.46. The minimum Gasteiger partial charge on any atom is -0.507 e. The van der Waals surface area contributed by atoms with Crippen LogP contribution < -0.4 is 30.5 Å². The van der Waals surface area contributed by atoms with Crippen molar-refractivity contribution in [2.75, 3.05) is 32.0 Å². The van der Waals surface area contributed by atoms with E-state index >= 15 is 0 Å². The van der Waals surface area contributed by atoms with Crippen molar-refractivity contribution in [2.45, 2.75) is 26.2 Å². The van der Waals surface area contributed by atoms with Gasteiger partial charge >= 0.3 is 5.63 Å². The SMILES string of the molecule is COc1ccc([C@H](CC(=O)Nc2ccc(NC(C)=O)cc2)c2c(O)cc(C)oc2=O)c(OC)c1OC. The second-order valence-electron chi connectivity index (χ2n) is 7.93. The van der Waals surface area contributed by atoms with Crippen molar-refractivity contribution < 1.29 is 33.3 Å². The molecule has 0 spiro atoms. The number of amides is 2. The topological polar surface area (TPSA) is 136 Å². The molecule has 0 fully saturated rings. The number of benzene rings is 2. The number of anilines is 2. The zero-order chi connectivity index (χ0) is 26.4. The van der Waals surface area contributed by atoms with Crippen molar-refractivity contribution in [3.05, 3.63) is 69.8 Å². The van der Waals surface area contributed by atoms with Crippen molar-refractivity contribution >= 4 is 23.2 Å². The Balaban J connectivity index is 2.03. The summed E-state index contributed by atoms with van der Waals surface area (Å²) >= 11 is 0. The first kappa shape index (κ1) is 26.1. The average Bonchev–Trinajstić information content (AvgIpc) is 2.82. The number of carbonyl (C=O) groups excluding carboxylic acids is 2. The Labute approximate surface area is 207 Å². The lowest BCUT2D eigenvalue weighted by molar-refractivity contribution is -0.116. The largest absolute Gasteiger partial charge is 0.507 e. The molecule has 10 nitrogen and oxygen atoms in total. The summed E-state index contributed by atoms with van der Waals surface area (Å²) in [6.07, 6.45) is -0.235. The van der Waals surface area contributed by atoms with Gasteiger partial charge in [-0.2, -0.15) is 0 Å². The lowest BCUT2D eigenvalue weighted by Gasteiger charge is -2.22. The Kier molecular flexibility index (Phi) is 8.21. The molecule has 10 heteroatoms. The number of aromatic hydroxyl groups is 1. The van der Waals surface area contributed by atoms with Crippen LogP contribution in [-0.2, 0) is 9.59 Å². The highest BCUT2D eigenvalue weighted by molar-refractivity contribution is 5.93. The summed E-state index contributed by atoms with van der Waals surface area (Å²) in [6.45, 7) is 2.93. The molecule has 3 rings (SSSR count). The summed E-state index contributed by atoms with van der Waals surface area (Å²) in [5.74, 6) is -0.781. The normalized spacial score (nSPS) is 11.4. The van der Waals surface area contributed by atoms with Gasteiger partial charge < -0.3 is 34.4 Å². The van der Waals surface area contributed by atoms with E-state index in [1.165, 1.54) is 41.2 Å². The lowest BCUT2D eigenvalue weighted by Crippen LogP contribution is -2.21. The van der Waals surface area contributed by atoms with Crippen LogP contribution in [0.1, 0.15) is 36.1 Å². The van der Waals surface area contributed by atoms with Gasteiger partial charge in [0.05, 0.1) is 26.9 Å². The van der Waals surface area contributed by atoms with Gasteiger partial charge in [-0.1, -0.05) is 6.07 Å². The van der Waals surface area contributed by atoms with Crippen molar-refractivity contribution in [1.82, 2.24) is 0 Å². The van der Waals surface area contributed by atoms with Crippen LogP contribution in [0.4, 0.5) is 11.4 Å². The van der Waals surface area contributed by atoms with Crippen molar-refractivity contribution in [1.29, 1.82) is 0 Å². The molecule has 0 bridgehead atoms. The number of aryl methyl sites for hydroxylation is 1. The molecular formula is C26H28N2O8. The van der Waals surface area contributed by atoms with Gasteiger partial charge in [-0.15, -0.1) is 0 Å². The first-order valence-corrected chi connectivity index (χ1v) is 11.0. The lowest BCUT2D eigenvalue weighted by atomic mass is 9.87. The Bertz CT molecular complexity index is 1310. The van der Waals surface area contributed by atoms with Gasteiger partial charge in [-0.25, -0.2) is 4.79 Å². The summed E-state index contributed by atoms with van der Waals surface area (Å²) in [5, 5.41) is 16.1. The molecular weight excluding hydrogens is 468 g/mol. The molecule has 0 saturated heterocycles. The van der Waals surface area contributed by atoms with Crippen LogP contribution in [0.15, 0.2) is 51.7 Å². The van der Waals surface area contributed by atoms with Gasteiger partial charge in [0.15, 0.2) is 11.5 Å². The van der Waals surface area contributed by atoms with E-state index in [2.05, 4.69) is 10.6 Å². The smallest absolute Gasteiger partial charge is 0.343 e. The molecule has 0 aliphatic rings. The molecule has 0 saturated carbocycles. The van der Waals surface area contributed by atoms with Gasteiger partial charge in [0, 0.05) is 42.3 Å². The molecule has 3 aromatic rings. The van der Waals surface area contributed by atoms with Gasteiger partial charge in [0.1, 0.15) is 11.5 Å². The monoisotopic (exact) mass is 496 g/mol. The zero-order valence-electron chi connectivity index (χ0n) is 20.6. The van der Waals surface area contributed by atoms with E-state index < -0.39 is 17.5 Å². The van der Waals surface area contributed by atoms with Crippen LogP contribution in [0.25, 0.3) is 0 Å². The number of carbonyl (C=O) groups is 2. The number of nitrogens with one attached hydrogen (secondary N) is 2. The highest BCUT2D eigenvalue weighted by Gasteiger charge is 2.30. The Morgan fingerprint density at radius 3 is 2.08 bits per heavy atom. The maximum Gasteiger partial charge on any atom is 0.343 e. The van der Waals surface area contributed by atoms with Crippen LogP contribution in [0.2, 0.25) is 0 Å². The number of ether oxygens (including phenoxy) is 3. The Morgan fingerprint density at radius 1 is 0.944 bits per heavy atom. The summed E-state index contributed by atoms with van der Waals surface area (Å²) in [4.78, 5) is 37.2. The van der Waals surface area contributed by atoms with Gasteiger partial charge in [0.2, 0.25) is 17.6 Å². The van der Waals surface area contributed by atoms with E-state index in [0.717, 1.165) is 0 Å². The zero-order valence-corrected chi connectivity index (χ0v) is 20.6. The quantitative estimate of drug-likeness (QED) is 0.407. The number of rotatable bonds is 9. The van der Waals surface area contributed by atoms with Crippen LogP contribution in [0.3, 0.4) is 0 Å². The second kappa shape index (κ2) is 11.3. The average molecular weight is 497 g/mol. The Morgan fingerprint density at radius 2 is 1.56 bits per heavy atom. The van der Waals surface area contributed by atoms with Crippen LogP contribution >= 0.6 is 0 Å². The third-order valence-electron chi connectivity index (χ3n) is 5.43. The standard InChI is InChI=1S/C26H28N2O8/c1-14-12-20(30)23(26(32)36-14)19(18-10-11-21(33-3)25(35-5)24(18)34-4)13-22(31)28-17-8-6-16(7-9-17)27-15(2)29/h6-12,19,30H,13H2,1-5H3,(H,27,29)(H,28,31)/t19-/m0/s1. The summed E-state index contributed by atoms with van der Waals surface area (Å²) in [5.41, 5.74) is 0.602. The van der Waals surface area contributed by atoms with Crippen LogP contribution in [0, 0.1) is 6.92 Å². The van der Waals surface area contributed by atoms with Crippen molar-refractivity contribution in [2.24, 2.45) is 0 Å². The molecule has 1 atom stereocenters. The maximum absolute atomic E-state index is 13.1. The molecule has 1 aromatic heterocycles. The van der Waals surface area contributed by atoms with E-state index in [0.29, 0.717) is 22.7 Å². The van der Waals surface area contributed by atoms with Crippen LogP contribution in [-0.4, -0.2) is 38.3 Å². The molecule has 0 aliphatic heterocycles. The first-order valence-electron chi connectivity index (χ1n) is 11.0. The third kappa shape index (κ3) is 5.77. The van der Waals surface area contributed by atoms with E-state index in [9.17, 15) is 19.5 Å². The minimum atomic E-state index is -0.949.